The molecule has 9 nitrogen and oxygen atoms in total. The zero-order valence-corrected chi connectivity index (χ0v) is 17.5. The number of carbonyl (C=O) groups excluding carboxylic acids is 2. The predicted molar refractivity (Wildman–Crippen MR) is 115 cm³/mol. The lowest BCUT2D eigenvalue weighted by Gasteiger charge is -2.24. The quantitative estimate of drug-likeness (QED) is 0.555. The highest BCUT2D eigenvalue weighted by atomic mass is 19.1. The fraction of sp³-hybridized carbons (Fsp3) is 0.261. The lowest BCUT2D eigenvalue weighted by molar-refractivity contribution is -0.106. The number of nitrogens with zero attached hydrogens (tertiary/aromatic N) is 1. The topological polar surface area (TPSA) is 110 Å². The van der Waals surface area contributed by atoms with Crippen molar-refractivity contribution in [1.82, 2.24) is 0 Å². The number of rotatable bonds is 4. The van der Waals surface area contributed by atoms with Crippen molar-refractivity contribution in [2.45, 2.75) is 0 Å². The van der Waals surface area contributed by atoms with Gasteiger partial charge in [-0.25, -0.2) is 4.39 Å². The van der Waals surface area contributed by atoms with Gasteiger partial charge in [-0.15, -0.1) is 0 Å². The minimum absolute atomic E-state index is 0.0115. The summed E-state index contributed by atoms with van der Waals surface area (Å²) in [7, 11) is 0. The Morgan fingerprint density at radius 3 is 2.33 bits per heavy atom. The van der Waals surface area contributed by atoms with Crippen molar-refractivity contribution < 1.29 is 37.7 Å². The molecule has 0 unspecified atom stereocenters. The Balaban J connectivity index is 1.69. The van der Waals surface area contributed by atoms with Crippen LogP contribution >= 0.6 is 0 Å². The van der Waals surface area contributed by atoms with E-state index in [1.807, 2.05) is 0 Å². The molecule has 2 amide bonds. The first-order valence-corrected chi connectivity index (χ1v) is 10.1. The molecule has 2 aliphatic rings. The van der Waals surface area contributed by atoms with Gasteiger partial charge < -0.3 is 29.4 Å². The average Bonchev–Trinajstić information content (AvgIpc) is 2.80. The summed E-state index contributed by atoms with van der Waals surface area (Å²) in [5.74, 6) is -0.743. The number of carbonyl (C=O) groups is 2. The fourth-order valence-corrected chi connectivity index (χ4v) is 3.21. The first kappa shape index (κ1) is 22.3. The minimum atomic E-state index is -0.775. The molecule has 2 aliphatic heterocycles. The van der Waals surface area contributed by atoms with Crippen LogP contribution in [0.15, 0.2) is 42.3 Å². The molecule has 33 heavy (non-hydrogen) atoms. The van der Waals surface area contributed by atoms with Gasteiger partial charge in [-0.05, 0) is 24.3 Å². The molecule has 0 aromatic heterocycles. The third kappa shape index (κ3) is 5.15. The summed E-state index contributed by atoms with van der Waals surface area (Å²) in [4.78, 5) is 24.2. The highest BCUT2D eigenvalue weighted by molar-refractivity contribution is 5.93. The van der Waals surface area contributed by atoms with Crippen molar-refractivity contribution in [2.24, 2.45) is 5.73 Å². The van der Waals surface area contributed by atoms with Crippen molar-refractivity contribution in [3.05, 3.63) is 59.2 Å². The van der Waals surface area contributed by atoms with Crippen molar-refractivity contribution >= 4 is 23.8 Å². The first-order chi connectivity index (χ1) is 16.1. The summed E-state index contributed by atoms with van der Waals surface area (Å²) in [5.41, 5.74) is 8.89. The second-order valence-corrected chi connectivity index (χ2v) is 6.96. The lowest BCUT2D eigenvalue weighted by Crippen LogP contribution is -2.19. The number of ether oxygens (including phenoxy) is 5. The third-order valence-electron chi connectivity index (χ3n) is 4.80. The van der Waals surface area contributed by atoms with Gasteiger partial charge in [-0.3, -0.25) is 14.5 Å². The van der Waals surface area contributed by atoms with Gasteiger partial charge in [0, 0.05) is 11.6 Å². The van der Waals surface area contributed by atoms with Crippen LogP contribution in [0.4, 0.5) is 10.1 Å². The number of nitrogens with two attached hydrogens (primary N) is 1. The standard InChI is InChI=1S/C23H21FN2O7/c24-17-11-15(23(25)28)1-2-20(17)33-19-3-4-26(14-27)18-13-22-21(12-16(18)19)31-9-7-29-5-6-30-8-10-32-22/h1-2,4,11-14H,5-10H2,(H2,25,28). The zero-order chi connectivity index (χ0) is 23.2. The SMILES string of the molecule is NC(=O)c1ccc(OC2=C=CN(C=O)c3cc4c(cc32)OCCOCCOCCO4)c(F)c1. The number of amides is 2. The van der Waals surface area contributed by atoms with Crippen LogP contribution in [0.1, 0.15) is 15.9 Å². The Hall–Kier alpha value is -3.85. The first-order valence-electron chi connectivity index (χ1n) is 10.1. The van der Waals surface area contributed by atoms with Crippen LogP contribution in [0.3, 0.4) is 0 Å². The molecule has 4 rings (SSSR count). The lowest BCUT2D eigenvalue weighted by atomic mass is 10.1. The van der Waals surface area contributed by atoms with Gasteiger partial charge in [0.25, 0.3) is 0 Å². The summed E-state index contributed by atoms with van der Waals surface area (Å²) in [6, 6.07) is 6.88. The third-order valence-corrected chi connectivity index (χ3v) is 4.80. The Morgan fingerprint density at radius 2 is 1.70 bits per heavy atom. The molecule has 0 saturated heterocycles. The normalized spacial score (nSPS) is 16.0. The summed E-state index contributed by atoms with van der Waals surface area (Å²) < 4.78 is 42.7. The van der Waals surface area contributed by atoms with Crippen LogP contribution in [0.25, 0.3) is 5.76 Å². The van der Waals surface area contributed by atoms with E-state index in [1.54, 1.807) is 12.1 Å². The molecule has 0 bridgehead atoms. The molecule has 2 aromatic rings. The molecule has 0 aliphatic carbocycles. The van der Waals surface area contributed by atoms with Crippen molar-refractivity contribution in [3.8, 4) is 17.2 Å². The van der Waals surface area contributed by atoms with E-state index in [-0.39, 0.29) is 30.3 Å². The maximum absolute atomic E-state index is 14.5. The summed E-state index contributed by atoms with van der Waals surface area (Å²) in [6.45, 7) is 2.12. The van der Waals surface area contributed by atoms with E-state index in [0.29, 0.717) is 55.6 Å². The van der Waals surface area contributed by atoms with E-state index in [1.165, 1.54) is 23.2 Å². The smallest absolute Gasteiger partial charge is 0.248 e. The molecular weight excluding hydrogens is 435 g/mol. The Labute approximate surface area is 188 Å². The number of primary amides is 1. The molecule has 0 fully saturated rings. The van der Waals surface area contributed by atoms with E-state index >= 15 is 0 Å². The molecule has 10 heteroatoms. The van der Waals surface area contributed by atoms with Gasteiger partial charge in [0.05, 0.1) is 43.9 Å². The minimum Gasteiger partial charge on any atom is -0.487 e. The maximum atomic E-state index is 14.5. The monoisotopic (exact) mass is 456 g/mol. The van der Waals surface area contributed by atoms with Gasteiger partial charge in [0.1, 0.15) is 13.2 Å². The van der Waals surface area contributed by atoms with Crippen molar-refractivity contribution in [1.29, 1.82) is 0 Å². The van der Waals surface area contributed by atoms with Gasteiger partial charge in [-0.2, -0.15) is 0 Å². The van der Waals surface area contributed by atoms with Crippen LogP contribution in [0, 0.1) is 5.82 Å². The number of fused-ring (bicyclic) bond motifs is 2. The van der Waals surface area contributed by atoms with E-state index in [4.69, 9.17) is 29.4 Å². The Bertz CT molecular complexity index is 1130. The van der Waals surface area contributed by atoms with Crippen LogP contribution in [0.5, 0.6) is 17.2 Å². The molecule has 172 valence electrons. The van der Waals surface area contributed by atoms with E-state index < -0.39 is 11.7 Å². The Morgan fingerprint density at radius 1 is 1.03 bits per heavy atom. The summed E-state index contributed by atoms with van der Waals surface area (Å²) >= 11 is 0. The van der Waals surface area contributed by atoms with Crippen molar-refractivity contribution in [3.63, 3.8) is 0 Å². The fourth-order valence-electron chi connectivity index (χ4n) is 3.21. The van der Waals surface area contributed by atoms with Crippen LogP contribution in [-0.4, -0.2) is 52.0 Å². The van der Waals surface area contributed by atoms with E-state index in [9.17, 15) is 14.0 Å². The molecule has 2 heterocycles. The molecule has 0 saturated carbocycles. The molecule has 2 aromatic carbocycles. The van der Waals surface area contributed by atoms with Crippen molar-refractivity contribution in [2.75, 3.05) is 44.5 Å². The van der Waals surface area contributed by atoms with Crippen LogP contribution in [-0.2, 0) is 14.3 Å². The van der Waals surface area contributed by atoms with E-state index in [2.05, 4.69) is 5.73 Å². The molecular formula is C23H21FN2O7. The zero-order valence-electron chi connectivity index (χ0n) is 17.5. The maximum Gasteiger partial charge on any atom is 0.248 e. The van der Waals surface area contributed by atoms with Gasteiger partial charge in [0.15, 0.2) is 28.8 Å². The number of hydrogen-bond donors (Lipinski definition) is 1. The highest BCUT2D eigenvalue weighted by Crippen LogP contribution is 2.41. The number of hydrogen-bond acceptors (Lipinski definition) is 7. The van der Waals surface area contributed by atoms with E-state index in [0.717, 1.165) is 6.07 Å². The average molecular weight is 456 g/mol. The molecule has 0 atom stereocenters. The largest absolute Gasteiger partial charge is 0.487 e. The molecule has 0 spiro atoms. The summed E-state index contributed by atoms with van der Waals surface area (Å²) in [6.07, 6.45) is 1.96. The van der Waals surface area contributed by atoms with Gasteiger partial charge >= 0.3 is 0 Å². The van der Waals surface area contributed by atoms with Gasteiger partial charge in [-0.1, -0.05) is 5.73 Å². The summed E-state index contributed by atoms with van der Waals surface area (Å²) in [5, 5.41) is 0. The molecule has 2 N–H and O–H groups in total. The molecule has 0 radical (unpaired) electrons. The predicted octanol–water partition coefficient (Wildman–Crippen LogP) is 2.24. The second kappa shape index (κ2) is 10.2. The number of halogens is 1. The highest BCUT2D eigenvalue weighted by Gasteiger charge is 2.23. The Kier molecular flexibility index (Phi) is 6.89. The second-order valence-electron chi connectivity index (χ2n) is 6.96. The number of anilines is 1. The van der Waals surface area contributed by atoms with Gasteiger partial charge in [0.2, 0.25) is 12.3 Å². The van der Waals surface area contributed by atoms with Crippen LogP contribution < -0.4 is 24.8 Å². The van der Waals surface area contributed by atoms with Crippen LogP contribution in [0.2, 0.25) is 0 Å². The number of benzene rings is 2.